The zero-order chi connectivity index (χ0) is 15.0. The molecule has 0 fully saturated rings. The van der Waals surface area contributed by atoms with Gasteiger partial charge in [-0.1, -0.05) is 0 Å². The fraction of sp³-hybridized carbons (Fsp3) is 0.200. The van der Waals surface area contributed by atoms with Crippen LogP contribution in [-0.4, -0.2) is 28.8 Å². The van der Waals surface area contributed by atoms with Gasteiger partial charge in [0.05, 0.1) is 19.9 Å². The minimum Gasteiger partial charge on any atom is -0.497 e. The Morgan fingerprint density at radius 3 is 2.67 bits per heavy atom. The SMILES string of the molecule is COc1ccc(OC)c(-n2c(N)nc3cc(C)cnc32)c1. The van der Waals surface area contributed by atoms with Crippen LogP contribution in [-0.2, 0) is 0 Å². The first-order valence-corrected chi connectivity index (χ1v) is 6.47. The second-order valence-corrected chi connectivity index (χ2v) is 4.70. The summed E-state index contributed by atoms with van der Waals surface area (Å²) in [5, 5.41) is 0. The molecular weight excluding hydrogens is 268 g/mol. The summed E-state index contributed by atoms with van der Waals surface area (Å²) < 4.78 is 12.4. The molecule has 2 aromatic heterocycles. The Bertz CT molecular complexity index is 811. The quantitative estimate of drug-likeness (QED) is 0.799. The van der Waals surface area contributed by atoms with Crippen molar-refractivity contribution in [3.05, 3.63) is 36.0 Å². The molecule has 0 amide bonds. The van der Waals surface area contributed by atoms with E-state index >= 15 is 0 Å². The van der Waals surface area contributed by atoms with Crippen molar-refractivity contribution in [3.8, 4) is 17.2 Å². The van der Waals surface area contributed by atoms with E-state index in [0.717, 1.165) is 16.8 Å². The Kier molecular flexibility index (Phi) is 3.13. The number of imidazole rings is 1. The minimum absolute atomic E-state index is 0.356. The highest BCUT2D eigenvalue weighted by molar-refractivity contribution is 5.78. The monoisotopic (exact) mass is 284 g/mol. The number of fused-ring (bicyclic) bond motifs is 1. The van der Waals surface area contributed by atoms with Crippen LogP contribution in [0.25, 0.3) is 16.9 Å². The number of nitrogens with two attached hydrogens (primary N) is 1. The van der Waals surface area contributed by atoms with Crippen LogP contribution in [0.1, 0.15) is 5.56 Å². The van der Waals surface area contributed by atoms with Crippen molar-refractivity contribution in [1.29, 1.82) is 0 Å². The maximum Gasteiger partial charge on any atom is 0.207 e. The molecule has 0 aliphatic heterocycles. The number of anilines is 1. The fourth-order valence-electron chi connectivity index (χ4n) is 2.29. The Labute approximate surface area is 122 Å². The predicted octanol–water partition coefficient (Wildman–Crippen LogP) is 2.33. The molecule has 1 aromatic carbocycles. The molecule has 2 N–H and O–H groups in total. The van der Waals surface area contributed by atoms with E-state index in [9.17, 15) is 0 Å². The molecular formula is C15H16N4O2. The van der Waals surface area contributed by atoms with Crippen molar-refractivity contribution in [2.24, 2.45) is 0 Å². The second kappa shape index (κ2) is 4.97. The van der Waals surface area contributed by atoms with Gasteiger partial charge in [-0.2, -0.15) is 0 Å². The summed E-state index contributed by atoms with van der Waals surface area (Å²) in [5.74, 6) is 1.73. The predicted molar refractivity (Wildman–Crippen MR) is 81.1 cm³/mol. The average Bonchev–Trinajstić information content (AvgIpc) is 2.81. The van der Waals surface area contributed by atoms with Crippen LogP contribution in [0, 0.1) is 6.92 Å². The molecule has 0 saturated heterocycles. The van der Waals surface area contributed by atoms with Gasteiger partial charge >= 0.3 is 0 Å². The Balaban J connectivity index is 2.31. The lowest BCUT2D eigenvalue weighted by atomic mass is 10.2. The highest BCUT2D eigenvalue weighted by atomic mass is 16.5. The molecule has 2 heterocycles. The molecule has 0 radical (unpaired) electrons. The first-order valence-electron chi connectivity index (χ1n) is 6.47. The van der Waals surface area contributed by atoms with Gasteiger partial charge in [-0.3, -0.25) is 4.57 Å². The summed E-state index contributed by atoms with van der Waals surface area (Å²) in [7, 11) is 3.22. The summed E-state index contributed by atoms with van der Waals surface area (Å²) in [5.41, 5.74) is 9.27. The number of nitrogens with zero attached hydrogens (tertiary/aromatic N) is 3. The van der Waals surface area contributed by atoms with E-state index in [0.29, 0.717) is 23.1 Å². The zero-order valence-electron chi connectivity index (χ0n) is 12.1. The van der Waals surface area contributed by atoms with E-state index in [-0.39, 0.29) is 0 Å². The molecule has 0 spiro atoms. The van der Waals surface area contributed by atoms with Gasteiger partial charge in [0.1, 0.15) is 17.0 Å². The van der Waals surface area contributed by atoms with E-state index in [4.69, 9.17) is 15.2 Å². The minimum atomic E-state index is 0.356. The van der Waals surface area contributed by atoms with Gasteiger partial charge in [-0.25, -0.2) is 9.97 Å². The van der Waals surface area contributed by atoms with Crippen molar-refractivity contribution in [1.82, 2.24) is 14.5 Å². The van der Waals surface area contributed by atoms with Crippen molar-refractivity contribution in [2.45, 2.75) is 6.92 Å². The summed E-state index contributed by atoms with van der Waals surface area (Å²) in [6.45, 7) is 1.97. The van der Waals surface area contributed by atoms with Crippen molar-refractivity contribution in [3.63, 3.8) is 0 Å². The maximum absolute atomic E-state index is 6.07. The number of methoxy groups -OCH3 is 2. The third-order valence-corrected chi connectivity index (χ3v) is 3.29. The van der Waals surface area contributed by atoms with Crippen LogP contribution in [0.4, 0.5) is 5.95 Å². The summed E-state index contributed by atoms with van der Waals surface area (Å²) in [4.78, 5) is 8.80. The van der Waals surface area contributed by atoms with Gasteiger partial charge in [0.2, 0.25) is 5.95 Å². The average molecular weight is 284 g/mol. The molecule has 0 atom stereocenters. The lowest BCUT2D eigenvalue weighted by Gasteiger charge is -2.12. The maximum atomic E-state index is 6.07. The Hall–Kier alpha value is -2.76. The molecule has 3 aromatic rings. The molecule has 0 bridgehead atoms. The third kappa shape index (κ3) is 2.14. The molecule has 6 heteroatoms. The highest BCUT2D eigenvalue weighted by Gasteiger charge is 2.16. The van der Waals surface area contributed by atoms with Crippen LogP contribution >= 0.6 is 0 Å². The Morgan fingerprint density at radius 2 is 1.95 bits per heavy atom. The zero-order valence-corrected chi connectivity index (χ0v) is 12.1. The van der Waals surface area contributed by atoms with Crippen molar-refractivity contribution in [2.75, 3.05) is 20.0 Å². The standard InChI is InChI=1S/C15H16N4O2/c1-9-6-11-14(17-8-9)19(15(16)18-11)12-7-10(20-2)4-5-13(12)21-3/h4-8H,1-3H3,(H2,16,18). The van der Waals surface area contributed by atoms with Crippen LogP contribution < -0.4 is 15.2 Å². The first-order chi connectivity index (χ1) is 10.1. The molecule has 0 aliphatic carbocycles. The van der Waals surface area contributed by atoms with Crippen molar-refractivity contribution >= 4 is 17.1 Å². The number of rotatable bonds is 3. The van der Waals surface area contributed by atoms with Gasteiger partial charge in [-0.05, 0) is 30.7 Å². The van der Waals surface area contributed by atoms with Crippen molar-refractivity contribution < 1.29 is 9.47 Å². The molecule has 108 valence electrons. The molecule has 0 aliphatic rings. The van der Waals surface area contributed by atoms with Crippen LogP contribution in [0.3, 0.4) is 0 Å². The second-order valence-electron chi connectivity index (χ2n) is 4.70. The van der Waals surface area contributed by atoms with Crippen LogP contribution in [0.5, 0.6) is 11.5 Å². The largest absolute Gasteiger partial charge is 0.497 e. The van der Waals surface area contributed by atoms with Crippen LogP contribution in [0.2, 0.25) is 0 Å². The number of benzene rings is 1. The number of hydrogen-bond donors (Lipinski definition) is 1. The number of aryl methyl sites for hydroxylation is 1. The lowest BCUT2D eigenvalue weighted by molar-refractivity contribution is 0.402. The Morgan fingerprint density at radius 1 is 1.14 bits per heavy atom. The van der Waals surface area contributed by atoms with E-state index in [1.54, 1.807) is 25.0 Å². The molecule has 0 saturated carbocycles. The third-order valence-electron chi connectivity index (χ3n) is 3.29. The first kappa shape index (κ1) is 13.2. The van der Waals surface area contributed by atoms with Crippen LogP contribution in [0.15, 0.2) is 30.5 Å². The summed E-state index contributed by atoms with van der Waals surface area (Å²) in [6, 6.07) is 7.45. The van der Waals surface area contributed by atoms with Gasteiger partial charge < -0.3 is 15.2 Å². The number of aromatic nitrogens is 3. The summed E-state index contributed by atoms with van der Waals surface area (Å²) in [6.07, 6.45) is 1.78. The highest BCUT2D eigenvalue weighted by Crippen LogP contribution is 2.31. The van der Waals surface area contributed by atoms with E-state index in [1.807, 2.05) is 31.2 Å². The lowest BCUT2D eigenvalue weighted by Crippen LogP contribution is -2.04. The number of nitrogen functional groups attached to an aromatic ring is 1. The van der Waals surface area contributed by atoms with Gasteiger partial charge in [0.25, 0.3) is 0 Å². The molecule has 21 heavy (non-hydrogen) atoms. The fourth-order valence-corrected chi connectivity index (χ4v) is 2.29. The van der Waals surface area contributed by atoms with E-state index in [1.165, 1.54) is 0 Å². The molecule has 3 rings (SSSR count). The summed E-state index contributed by atoms with van der Waals surface area (Å²) >= 11 is 0. The number of hydrogen-bond acceptors (Lipinski definition) is 5. The topological polar surface area (TPSA) is 75.2 Å². The number of ether oxygens (including phenoxy) is 2. The van der Waals surface area contributed by atoms with Gasteiger partial charge in [-0.15, -0.1) is 0 Å². The number of pyridine rings is 1. The van der Waals surface area contributed by atoms with Gasteiger partial charge in [0.15, 0.2) is 5.65 Å². The normalized spacial score (nSPS) is 10.8. The smallest absolute Gasteiger partial charge is 0.207 e. The van der Waals surface area contributed by atoms with Gasteiger partial charge in [0, 0.05) is 12.3 Å². The molecule has 6 nitrogen and oxygen atoms in total. The van der Waals surface area contributed by atoms with E-state index in [2.05, 4.69) is 9.97 Å². The van der Waals surface area contributed by atoms with E-state index < -0.39 is 0 Å². The molecule has 0 unspecified atom stereocenters.